The number of benzene rings is 2. The average Bonchev–Trinajstić information content (AvgIpc) is 3.52. The lowest BCUT2D eigenvalue weighted by molar-refractivity contribution is -0.0497. The summed E-state index contributed by atoms with van der Waals surface area (Å²) in [4.78, 5) is 0. The van der Waals surface area contributed by atoms with E-state index in [1.807, 2.05) is 4.57 Å². The summed E-state index contributed by atoms with van der Waals surface area (Å²) in [5.41, 5.74) is 3.05. The van der Waals surface area contributed by atoms with Crippen LogP contribution in [-0.4, -0.2) is 24.8 Å². The van der Waals surface area contributed by atoms with Crippen LogP contribution in [0.5, 0.6) is 5.75 Å². The third kappa shape index (κ3) is 4.47. The van der Waals surface area contributed by atoms with Crippen molar-refractivity contribution in [3.63, 3.8) is 0 Å². The SMILES string of the molecule is N#Cc1c(-c2ccc(NS(=O)(=O)C3CCC3)cc2)n(CCC2CC2)c2cc(OC(F)F)ccc12. The minimum Gasteiger partial charge on any atom is -0.435 e. The van der Waals surface area contributed by atoms with Crippen molar-refractivity contribution >= 4 is 26.6 Å². The monoisotopic (exact) mass is 485 g/mol. The number of nitrogens with one attached hydrogen (secondary N) is 1. The molecular weight excluding hydrogens is 460 g/mol. The minimum absolute atomic E-state index is 0.0458. The molecule has 2 aliphatic rings. The van der Waals surface area contributed by atoms with Gasteiger partial charge in [-0.1, -0.05) is 31.4 Å². The highest BCUT2D eigenvalue weighted by Gasteiger charge is 2.31. The predicted octanol–water partition coefficient (Wildman–Crippen LogP) is 5.88. The van der Waals surface area contributed by atoms with Gasteiger partial charge < -0.3 is 9.30 Å². The smallest absolute Gasteiger partial charge is 0.387 e. The Hall–Kier alpha value is -3.12. The van der Waals surface area contributed by atoms with Crippen molar-refractivity contribution in [1.82, 2.24) is 4.57 Å². The molecule has 2 saturated carbocycles. The summed E-state index contributed by atoms with van der Waals surface area (Å²) in [6.07, 6.45) is 5.57. The van der Waals surface area contributed by atoms with E-state index in [0.717, 1.165) is 18.4 Å². The van der Waals surface area contributed by atoms with Crippen molar-refractivity contribution in [2.24, 2.45) is 5.92 Å². The van der Waals surface area contributed by atoms with Crippen LogP contribution in [0.2, 0.25) is 0 Å². The van der Waals surface area contributed by atoms with Crippen molar-refractivity contribution in [1.29, 1.82) is 5.26 Å². The number of anilines is 1. The van der Waals surface area contributed by atoms with Gasteiger partial charge in [-0.25, -0.2) is 8.42 Å². The summed E-state index contributed by atoms with van der Waals surface area (Å²) >= 11 is 0. The van der Waals surface area contributed by atoms with E-state index in [2.05, 4.69) is 15.5 Å². The molecule has 5 rings (SSSR count). The topological polar surface area (TPSA) is 84.1 Å². The second-order valence-corrected chi connectivity index (χ2v) is 11.0. The van der Waals surface area contributed by atoms with Crippen LogP contribution in [0.4, 0.5) is 14.5 Å². The van der Waals surface area contributed by atoms with Crippen molar-refractivity contribution in [2.75, 3.05) is 4.72 Å². The lowest BCUT2D eigenvalue weighted by Crippen LogP contribution is -2.33. The van der Waals surface area contributed by atoms with Gasteiger partial charge in [-0.3, -0.25) is 4.72 Å². The zero-order chi connectivity index (χ0) is 23.9. The van der Waals surface area contributed by atoms with Crippen molar-refractivity contribution < 1.29 is 21.9 Å². The lowest BCUT2D eigenvalue weighted by Gasteiger charge is -2.25. The predicted molar refractivity (Wildman–Crippen MR) is 126 cm³/mol. The maximum Gasteiger partial charge on any atom is 0.387 e. The highest BCUT2D eigenvalue weighted by Crippen LogP contribution is 2.39. The van der Waals surface area contributed by atoms with Gasteiger partial charge in [0.1, 0.15) is 11.8 Å². The number of hydrogen-bond donors (Lipinski definition) is 1. The van der Waals surface area contributed by atoms with E-state index >= 15 is 0 Å². The molecule has 0 radical (unpaired) electrons. The number of aromatic nitrogens is 1. The zero-order valence-electron chi connectivity index (χ0n) is 18.5. The fourth-order valence-corrected chi connectivity index (χ4v) is 6.08. The van der Waals surface area contributed by atoms with Gasteiger partial charge in [0.25, 0.3) is 0 Å². The van der Waals surface area contributed by atoms with E-state index in [9.17, 15) is 22.5 Å². The van der Waals surface area contributed by atoms with E-state index in [0.29, 0.717) is 53.2 Å². The maximum absolute atomic E-state index is 12.8. The average molecular weight is 486 g/mol. The van der Waals surface area contributed by atoms with Crippen LogP contribution in [-0.2, 0) is 16.6 Å². The van der Waals surface area contributed by atoms with Crippen LogP contribution in [0.15, 0.2) is 42.5 Å². The molecule has 0 aliphatic heterocycles. The van der Waals surface area contributed by atoms with Gasteiger partial charge in [0.2, 0.25) is 10.0 Å². The van der Waals surface area contributed by atoms with Crippen LogP contribution in [0, 0.1) is 17.2 Å². The number of nitriles is 1. The van der Waals surface area contributed by atoms with Gasteiger partial charge in [0.05, 0.1) is 22.0 Å². The number of ether oxygens (including phenoxy) is 1. The number of fused-ring (bicyclic) bond motifs is 1. The maximum atomic E-state index is 12.8. The van der Waals surface area contributed by atoms with Gasteiger partial charge in [-0.2, -0.15) is 14.0 Å². The molecule has 0 bridgehead atoms. The van der Waals surface area contributed by atoms with Crippen LogP contribution in [0.1, 0.15) is 44.1 Å². The molecule has 1 aromatic heterocycles. The first kappa shape index (κ1) is 22.7. The van der Waals surface area contributed by atoms with E-state index in [1.54, 1.807) is 36.4 Å². The highest BCUT2D eigenvalue weighted by atomic mass is 32.2. The second-order valence-electron chi connectivity index (χ2n) is 9.05. The number of alkyl halides is 2. The first-order valence-corrected chi connectivity index (χ1v) is 13.0. The molecule has 1 heterocycles. The van der Waals surface area contributed by atoms with Crippen molar-refractivity contribution in [3.8, 4) is 23.1 Å². The first-order valence-electron chi connectivity index (χ1n) is 11.5. The van der Waals surface area contributed by atoms with Crippen molar-refractivity contribution in [2.45, 2.75) is 56.9 Å². The standard InChI is InChI=1S/C25H25F2N3O3S/c26-25(27)33-19-10-11-21-22(15-28)24(30(23(21)14-19)13-12-16-4-5-16)17-6-8-18(9-7-17)29-34(31,32)20-2-1-3-20/h6-11,14,16,20,25,29H,1-5,12-13H2. The Morgan fingerprint density at radius 2 is 1.85 bits per heavy atom. The molecule has 9 heteroatoms. The van der Waals surface area contributed by atoms with Crippen LogP contribution in [0.25, 0.3) is 22.2 Å². The van der Waals surface area contributed by atoms with E-state index in [1.165, 1.54) is 18.9 Å². The van der Waals surface area contributed by atoms with E-state index in [-0.39, 0.29) is 11.0 Å². The molecule has 0 unspecified atom stereocenters. The molecule has 3 aromatic rings. The van der Waals surface area contributed by atoms with Gasteiger partial charge >= 0.3 is 6.61 Å². The van der Waals surface area contributed by atoms with Crippen molar-refractivity contribution in [3.05, 3.63) is 48.0 Å². The third-order valence-corrected chi connectivity index (χ3v) is 8.61. The summed E-state index contributed by atoms with van der Waals surface area (Å²) < 4.78 is 59.8. The highest BCUT2D eigenvalue weighted by molar-refractivity contribution is 7.93. The Bertz CT molecular complexity index is 1350. The summed E-state index contributed by atoms with van der Waals surface area (Å²) in [6.45, 7) is -2.29. The summed E-state index contributed by atoms with van der Waals surface area (Å²) in [5.74, 6) is 0.684. The molecule has 1 N–H and O–H groups in total. The molecule has 178 valence electrons. The second kappa shape index (κ2) is 8.91. The Morgan fingerprint density at radius 1 is 1.12 bits per heavy atom. The number of halogens is 2. The molecule has 0 spiro atoms. The molecule has 2 fully saturated rings. The molecule has 0 atom stereocenters. The molecule has 34 heavy (non-hydrogen) atoms. The Balaban J connectivity index is 1.54. The molecular formula is C25H25F2N3O3S. The zero-order valence-corrected chi connectivity index (χ0v) is 19.3. The van der Waals surface area contributed by atoms with Crippen LogP contribution < -0.4 is 9.46 Å². The van der Waals surface area contributed by atoms with Crippen LogP contribution >= 0.6 is 0 Å². The van der Waals surface area contributed by atoms with E-state index in [4.69, 9.17) is 0 Å². The molecule has 6 nitrogen and oxygen atoms in total. The fourth-order valence-electron chi connectivity index (χ4n) is 4.49. The van der Waals surface area contributed by atoms with Gasteiger partial charge in [-0.05, 0) is 55.0 Å². The minimum atomic E-state index is -3.40. The summed E-state index contributed by atoms with van der Waals surface area (Å²) in [6, 6.07) is 13.9. The third-order valence-electron chi connectivity index (χ3n) is 6.74. The normalized spacial score (nSPS) is 16.4. The number of hydrogen-bond acceptors (Lipinski definition) is 4. The molecule has 0 amide bonds. The number of aryl methyl sites for hydroxylation is 1. The van der Waals surface area contributed by atoms with Gasteiger partial charge in [0, 0.05) is 23.7 Å². The Morgan fingerprint density at radius 3 is 2.44 bits per heavy atom. The molecule has 2 aliphatic carbocycles. The largest absolute Gasteiger partial charge is 0.435 e. The van der Waals surface area contributed by atoms with E-state index < -0.39 is 16.6 Å². The Kier molecular flexibility index (Phi) is 5.94. The first-order chi connectivity index (χ1) is 16.4. The quantitative estimate of drug-likeness (QED) is 0.410. The summed E-state index contributed by atoms with van der Waals surface area (Å²) in [5, 5.41) is 10.3. The summed E-state index contributed by atoms with van der Waals surface area (Å²) in [7, 11) is -3.40. The number of sulfonamides is 1. The Labute approximate surface area is 197 Å². The fraction of sp³-hybridized carbons (Fsp3) is 0.400. The number of nitrogens with zero attached hydrogens (tertiary/aromatic N) is 2. The number of rotatable bonds is 9. The van der Waals surface area contributed by atoms with Gasteiger partial charge in [0.15, 0.2) is 0 Å². The molecule has 0 saturated heterocycles. The van der Waals surface area contributed by atoms with Gasteiger partial charge in [-0.15, -0.1) is 0 Å². The molecule has 2 aromatic carbocycles. The lowest BCUT2D eigenvalue weighted by atomic mass is 10.0. The van der Waals surface area contributed by atoms with Crippen LogP contribution in [0.3, 0.4) is 0 Å².